The Balaban J connectivity index is 2.26. The number of carbonyl (C=O) groups is 1. The summed E-state index contributed by atoms with van der Waals surface area (Å²) in [4.78, 5) is 42.1. The quantitative estimate of drug-likeness (QED) is 0.711. The lowest BCUT2D eigenvalue weighted by molar-refractivity contribution is -0.143. The van der Waals surface area contributed by atoms with Crippen LogP contribution in [0.25, 0.3) is 10.2 Å². The first-order valence-corrected chi connectivity index (χ1v) is 8.78. The number of benzene rings is 1. The Hall–Kier alpha value is -2.67. The number of carbonyl (C=O) groups excluding carboxylic acids is 1. The van der Waals surface area contributed by atoms with Crippen molar-refractivity contribution in [2.24, 2.45) is 0 Å². The van der Waals surface area contributed by atoms with Crippen LogP contribution in [0.4, 0.5) is 0 Å². The van der Waals surface area contributed by atoms with E-state index in [0.29, 0.717) is 15.8 Å². The maximum absolute atomic E-state index is 12.9. The molecule has 1 aromatic carbocycles. The van der Waals surface area contributed by atoms with Gasteiger partial charge in [-0.2, -0.15) is 0 Å². The number of nitrogens with one attached hydrogen (secondary N) is 1. The summed E-state index contributed by atoms with van der Waals surface area (Å²) >= 11 is 1.40. The number of ether oxygens (including phenoxy) is 1. The number of methoxy groups -OCH3 is 1. The number of thiophene rings is 1. The summed E-state index contributed by atoms with van der Waals surface area (Å²) in [5.41, 5.74) is -0.594. The number of rotatable bonds is 5. The zero-order valence-corrected chi connectivity index (χ0v) is 14.8. The molecule has 0 fully saturated rings. The second-order valence-electron chi connectivity index (χ2n) is 5.65. The lowest BCUT2D eigenvalue weighted by Gasteiger charge is -2.16. The highest BCUT2D eigenvalue weighted by atomic mass is 32.1. The van der Waals surface area contributed by atoms with Crippen molar-refractivity contribution in [2.45, 2.75) is 25.8 Å². The Labute approximate surface area is 147 Å². The van der Waals surface area contributed by atoms with E-state index in [1.165, 1.54) is 18.4 Å². The minimum absolute atomic E-state index is 0.415. The van der Waals surface area contributed by atoms with Gasteiger partial charge in [-0.1, -0.05) is 43.7 Å². The van der Waals surface area contributed by atoms with Crippen molar-refractivity contribution in [3.63, 3.8) is 0 Å². The summed E-state index contributed by atoms with van der Waals surface area (Å²) in [6, 6.07) is 9.32. The fourth-order valence-electron chi connectivity index (χ4n) is 2.81. The summed E-state index contributed by atoms with van der Waals surface area (Å²) in [5, 5.41) is 0.415. The third kappa shape index (κ3) is 3.15. The van der Waals surface area contributed by atoms with Crippen molar-refractivity contribution in [3.05, 3.63) is 67.7 Å². The largest absolute Gasteiger partial charge is 0.467 e. The first-order chi connectivity index (χ1) is 12.1. The molecule has 130 valence electrons. The van der Waals surface area contributed by atoms with Gasteiger partial charge in [-0.05, 0) is 18.1 Å². The molecule has 25 heavy (non-hydrogen) atoms. The molecule has 6 nitrogen and oxygen atoms in total. The highest BCUT2D eigenvalue weighted by Crippen LogP contribution is 2.23. The zero-order chi connectivity index (χ0) is 18.0. The molecule has 3 rings (SSSR count). The minimum Gasteiger partial charge on any atom is -0.467 e. The predicted molar refractivity (Wildman–Crippen MR) is 97.3 cm³/mol. The van der Waals surface area contributed by atoms with E-state index in [1.54, 1.807) is 36.4 Å². The molecule has 2 heterocycles. The van der Waals surface area contributed by atoms with Crippen molar-refractivity contribution in [3.8, 4) is 0 Å². The Kier molecular flexibility index (Phi) is 4.85. The molecule has 0 aliphatic carbocycles. The van der Waals surface area contributed by atoms with Crippen LogP contribution in [-0.2, 0) is 16.0 Å². The van der Waals surface area contributed by atoms with E-state index < -0.39 is 23.3 Å². The zero-order valence-electron chi connectivity index (χ0n) is 13.9. The molecule has 0 bridgehead atoms. The molecule has 0 spiro atoms. The van der Waals surface area contributed by atoms with Gasteiger partial charge in [0.25, 0.3) is 5.56 Å². The van der Waals surface area contributed by atoms with Gasteiger partial charge in [0.15, 0.2) is 6.04 Å². The van der Waals surface area contributed by atoms with Crippen LogP contribution in [0.1, 0.15) is 29.8 Å². The van der Waals surface area contributed by atoms with Crippen LogP contribution >= 0.6 is 11.3 Å². The topological polar surface area (TPSA) is 81.2 Å². The third-order valence-electron chi connectivity index (χ3n) is 3.97. The van der Waals surface area contributed by atoms with Crippen molar-refractivity contribution in [1.29, 1.82) is 0 Å². The number of hydrogen-bond acceptors (Lipinski definition) is 5. The lowest BCUT2D eigenvalue weighted by Crippen LogP contribution is -2.41. The average Bonchev–Trinajstić information content (AvgIpc) is 3.01. The maximum Gasteiger partial charge on any atom is 0.333 e. The molecule has 0 amide bonds. The van der Waals surface area contributed by atoms with Crippen LogP contribution in [0.15, 0.2) is 46.0 Å². The Bertz CT molecular complexity index is 1020. The number of esters is 1. The minimum atomic E-state index is -1.12. The monoisotopic (exact) mass is 358 g/mol. The van der Waals surface area contributed by atoms with Gasteiger partial charge in [0.2, 0.25) is 0 Å². The SMILES string of the molecule is CCCc1cc2c(=O)n(C(C(=O)OC)c3ccccc3)c(=O)[nH]c2s1. The standard InChI is InChI=1S/C18H18N2O4S/c1-3-7-12-10-13-15(25-12)19-18(23)20(16(13)21)14(17(22)24-2)11-8-5-4-6-9-11/h4-6,8-10,14H,3,7H2,1-2H3,(H,19,23). The molecule has 1 unspecified atom stereocenters. The van der Waals surface area contributed by atoms with Crippen molar-refractivity contribution >= 4 is 27.5 Å². The highest BCUT2D eigenvalue weighted by molar-refractivity contribution is 7.18. The van der Waals surface area contributed by atoms with Crippen LogP contribution in [0.2, 0.25) is 0 Å². The Morgan fingerprint density at radius 1 is 1.28 bits per heavy atom. The van der Waals surface area contributed by atoms with Gasteiger partial charge in [-0.25, -0.2) is 14.2 Å². The molecular weight excluding hydrogens is 340 g/mol. The molecule has 1 N–H and O–H groups in total. The van der Waals surface area contributed by atoms with E-state index in [2.05, 4.69) is 4.98 Å². The third-order valence-corrected chi connectivity index (χ3v) is 5.08. The molecule has 0 aliphatic heterocycles. The fourth-order valence-corrected chi connectivity index (χ4v) is 3.95. The molecular formula is C18H18N2O4S. The number of nitrogens with zero attached hydrogens (tertiary/aromatic N) is 1. The summed E-state index contributed by atoms with van der Waals surface area (Å²) in [7, 11) is 1.24. The summed E-state index contributed by atoms with van der Waals surface area (Å²) < 4.78 is 5.77. The van der Waals surface area contributed by atoms with E-state index in [-0.39, 0.29) is 0 Å². The maximum atomic E-state index is 12.9. The summed E-state index contributed by atoms with van der Waals surface area (Å²) in [6.45, 7) is 2.05. The van der Waals surface area contributed by atoms with Gasteiger partial charge in [-0.15, -0.1) is 11.3 Å². The lowest BCUT2D eigenvalue weighted by atomic mass is 10.1. The number of hydrogen-bond donors (Lipinski definition) is 1. The van der Waals surface area contributed by atoms with Crippen molar-refractivity contribution in [2.75, 3.05) is 7.11 Å². The smallest absolute Gasteiger partial charge is 0.333 e. The van der Waals surface area contributed by atoms with Crippen LogP contribution in [-0.4, -0.2) is 22.6 Å². The normalized spacial score (nSPS) is 12.2. The molecule has 3 aromatic rings. The first kappa shape index (κ1) is 17.2. The summed E-state index contributed by atoms with van der Waals surface area (Å²) in [6.07, 6.45) is 1.78. The highest BCUT2D eigenvalue weighted by Gasteiger charge is 2.27. The van der Waals surface area contributed by atoms with Gasteiger partial charge in [0, 0.05) is 4.88 Å². The predicted octanol–water partition coefficient (Wildman–Crippen LogP) is 2.47. The van der Waals surface area contributed by atoms with E-state index in [1.807, 2.05) is 6.92 Å². The number of aryl methyl sites for hydroxylation is 1. The Morgan fingerprint density at radius 2 is 2.00 bits per heavy atom. The van der Waals surface area contributed by atoms with Crippen LogP contribution in [0.5, 0.6) is 0 Å². The molecule has 0 radical (unpaired) electrons. The van der Waals surface area contributed by atoms with E-state index in [4.69, 9.17) is 4.74 Å². The molecule has 0 saturated carbocycles. The van der Waals surface area contributed by atoms with Gasteiger partial charge in [-0.3, -0.25) is 9.78 Å². The van der Waals surface area contributed by atoms with E-state index in [0.717, 1.165) is 22.3 Å². The van der Waals surface area contributed by atoms with E-state index >= 15 is 0 Å². The second kappa shape index (κ2) is 7.06. The number of fused-ring (bicyclic) bond motifs is 1. The second-order valence-corrected chi connectivity index (χ2v) is 6.78. The molecule has 7 heteroatoms. The van der Waals surface area contributed by atoms with Crippen LogP contribution in [0.3, 0.4) is 0 Å². The molecule has 1 atom stereocenters. The number of H-pyrrole nitrogens is 1. The fraction of sp³-hybridized carbons (Fsp3) is 0.278. The van der Waals surface area contributed by atoms with Crippen molar-refractivity contribution in [1.82, 2.24) is 9.55 Å². The van der Waals surface area contributed by atoms with Gasteiger partial charge >= 0.3 is 11.7 Å². The average molecular weight is 358 g/mol. The van der Waals surface area contributed by atoms with Crippen molar-refractivity contribution < 1.29 is 9.53 Å². The molecule has 0 aliphatic rings. The van der Waals surface area contributed by atoms with Gasteiger partial charge < -0.3 is 4.74 Å². The number of aromatic nitrogens is 2. The summed E-state index contributed by atoms with van der Waals surface area (Å²) in [5.74, 6) is -0.665. The van der Waals surface area contributed by atoms with Crippen LogP contribution in [0, 0.1) is 0 Å². The van der Waals surface area contributed by atoms with E-state index in [9.17, 15) is 14.4 Å². The van der Waals surface area contributed by atoms with Gasteiger partial charge in [0.05, 0.1) is 12.5 Å². The Morgan fingerprint density at radius 3 is 2.64 bits per heavy atom. The van der Waals surface area contributed by atoms with Gasteiger partial charge in [0.1, 0.15) is 4.83 Å². The molecule has 0 saturated heterocycles. The first-order valence-electron chi connectivity index (χ1n) is 7.96. The van der Waals surface area contributed by atoms with Crippen LogP contribution < -0.4 is 11.2 Å². The number of aromatic amines is 1. The molecule has 2 aromatic heterocycles.